The molecule has 0 spiro atoms. The maximum atomic E-state index is 11.4. The zero-order chi connectivity index (χ0) is 13.3. The summed E-state index contributed by atoms with van der Waals surface area (Å²) >= 11 is 0. The predicted molar refractivity (Wildman–Crippen MR) is 73.3 cm³/mol. The van der Waals surface area contributed by atoms with Crippen LogP contribution in [-0.4, -0.2) is 23.7 Å². The summed E-state index contributed by atoms with van der Waals surface area (Å²) in [7, 11) is 0. The molecule has 0 heterocycles. The van der Waals surface area contributed by atoms with E-state index in [1.54, 1.807) is 6.07 Å². The molecule has 3 nitrogen and oxygen atoms in total. The summed E-state index contributed by atoms with van der Waals surface area (Å²) in [4.78, 5) is 13.6. The van der Waals surface area contributed by atoms with E-state index in [0.717, 1.165) is 23.7 Å². The van der Waals surface area contributed by atoms with Gasteiger partial charge in [-0.1, -0.05) is 11.6 Å². The zero-order valence-corrected chi connectivity index (χ0v) is 11.3. The third kappa shape index (κ3) is 2.84. The number of anilines is 1. The predicted octanol–water partition coefficient (Wildman–Crippen LogP) is 3.32. The van der Waals surface area contributed by atoms with Gasteiger partial charge in [0.15, 0.2) is 0 Å². The lowest BCUT2D eigenvalue weighted by molar-refractivity contribution is 0.0697. The zero-order valence-electron chi connectivity index (χ0n) is 11.3. The lowest BCUT2D eigenvalue weighted by atomic mass is 10.1. The molecular weight excluding hydrogens is 226 g/mol. The van der Waals surface area contributed by atoms with Gasteiger partial charge in [0.1, 0.15) is 0 Å². The van der Waals surface area contributed by atoms with Crippen LogP contribution in [-0.2, 0) is 0 Å². The fourth-order valence-electron chi connectivity index (χ4n) is 2.24. The fraction of sp³-hybridized carbons (Fsp3) is 0.533. The molecule has 0 bridgehead atoms. The van der Waals surface area contributed by atoms with Crippen LogP contribution in [0.1, 0.15) is 42.6 Å². The second kappa shape index (κ2) is 5.01. The Labute approximate surface area is 108 Å². The molecule has 98 valence electrons. The molecule has 18 heavy (non-hydrogen) atoms. The van der Waals surface area contributed by atoms with Gasteiger partial charge in [-0.05, 0) is 51.7 Å². The number of aromatic carboxylic acids is 1. The summed E-state index contributed by atoms with van der Waals surface area (Å²) in [5.41, 5.74) is 2.27. The van der Waals surface area contributed by atoms with E-state index in [-0.39, 0.29) is 0 Å². The highest BCUT2D eigenvalue weighted by Crippen LogP contribution is 2.33. The summed E-state index contributed by atoms with van der Waals surface area (Å²) < 4.78 is 0. The van der Waals surface area contributed by atoms with Gasteiger partial charge in [0.25, 0.3) is 0 Å². The standard InChI is InChI=1S/C15H21NO2/c1-10(2)16(9-12-5-6-12)14-7-4-11(3)8-13(14)15(17)18/h4,7-8,10,12H,5-6,9H2,1-3H3,(H,17,18). The van der Waals surface area contributed by atoms with Crippen molar-refractivity contribution in [2.45, 2.75) is 39.7 Å². The van der Waals surface area contributed by atoms with Crippen molar-refractivity contribution in [1.82, 2.24) is 0 Å². The first-order chi connectivity index (χ1) is 8.49. The van der Waals surface area contributed by atoms with Crippen LogP contribution in [0.15, 0.2) is 18.2 Å². The Morgan fingerprint density at radius 3 is 2.61 bits per heavy atom. The highest BCUT2D eigenvalue weighted by Gasteiger charge is 2.27. The van der Waals surface area contributed by atoms with Crippen LogP contribution in [0.2, 0.25) is 0 Å². The largest absolute Gasteiger partial charge is 0.478 e. The van der Waals surface area contributed by atoms with E-state index in [1.807, 2.05) is 19.1 Å². The van der Waals surface area contributed by atoms with Crippen molar-refractivity contribution < 1.29 is 9.90 Å². The molecule has 1 aliphatic carbocycles. The first-order valence-electron chi connectivity index (χ1n) is 6.59. The van der Waals surface area contributed by atoms with Gasteiger partial charge in [-0.15, -0.1) is 0 Å². The second-order valence-electron chi connectivity index (χ2n) is 5.52. The summed E-state index contributed by atoms with van der Waals surface area (Å²) in [6.45, 7) is 7.14. The number of carboxylic acid groups (broad SMARTS) is 1. The SMILES string of the molecule is Cc1ccc(N(CC2CC2)C(C)C)c(C(=O)O)c1. The third-order valence-corrected chi connectivity index (χ3v) is 3.47. The molecule has 0 atom stereocenters. The Morgan fingerprint density at radius 1 is 1.44 bits per heavy atom. The summed E-state index contributed by atoms with van der Waals surface area (Å²) in [6.07, 6.45) is 2.55. The molecule has 0 unspecified atom stereocenters. The van der Waals surface area contributed by atoms with Crippen LogP contribution in [0.4, 0.5) is 5.69 Å². The van der Waals surface area contributed by atoms with Gasteiger partial charge in [0.05, 0.1) is 11.3 Å². The van der Waals surface area contributed by atoms with Crippen LogP contribution >= 0.6 is 0 Å². The molecule has 1 aromatic carbocycles. The fourth-order valence-corrected chi connectivity index (χ4v) is 2.24. The normalized spacial score (nSPS) is 14.9. The average molecular weight is 247 g/mol. The molecule has 0 amide bonds. The molecule has 2 rings (SSSR count). The van der Waals surface area contributed by atoms with Crippen molar-refractivity contribution in [1.29, 1.82) is 0 Å². The second-order valence-corrected chi connectivity index (χ2v) is 5.52. The number of aryl methyl sites for hydroxylation is 1. The minimum atomic E-state index is -0.838. The first-order valence-corrected chi connectivity index (χ1v) is 6.59. The molecule has 1 aliphatic rings. The van der Waals surface area contributed by atoms with Crippen LogP contribution in [0.5, 0.6) is 0 Å². The van der Waals surface area contributed by atoms with Gasteiger partial charge in [0.2, 0.25) is 0 Å². The molecule has 0 radical (unpaired) electrons. The summed E-state index contributed by atoms with van der Waals surface area (Å²) in [6, 6.07) is 6.02. The molecule has 1 N–H and O–H groups in total. The van der Waals surface area contributed by atoms with Gasteiger partial charge in [-0.3, -0.25) is 0 Å². The van der Waals surface area contributed by atoms with E-state index in [9.17, 15) is 9.90 Å². The molecule has 3 heteroatoms. The lowest BCUT2D eigenvalue weighted by Gasteiger charge is -2.30. The summed E-state index contributed by atoms with van der Waals surface area (Å²) in [5, 5.41) is 9.34. The van der Waals surface area contributed by atoms with Gasteiger partial charge < -0.3 is 10.0 Å². The van der Waals surface area contributed by atoms with E-state index in [4.69, 9.17) is 0 Å². The van der Waals surface area contributed by atoms with Crippen LogP contribution in [0.3, 0.4) is 0 Å². The summed E-state index contributed by atoms with van der Waals surface area (Å²) in [5.74, 6) is -0.0921. The highest BCUT2D eigenvalue weighted by atomic mass is 16.4. The van der Waals surface area contributed by atoms with Gasteiger partial charge in [0, 0.05) is 12.6 Å². The Kier molecular flexibility index (Phi) is 3.60. The van der Waals surface area contributed by atoms with Crippen molar-refractivity contribution in [3.8, 4) is 0 Å². The quantitative estimate of drug-likeness (QED) is 0.867. The number of rotatable bonds is 5. The number of hydrogen-bond donors (Lipinski definition) is 1. The molecule has 0 saturated heterocycles. The van der Waals surface area contributed by atoms with Crippen molar-refractivity contribution in [3.63, 3.8) is 0 Å². The van der Waals surface area contributed by atoms with E-state index in [0.29, 0.717) is 11.6 Å². The Bertz CT molecular complexity index is 450. The smallest absolute Gasteiger partial charge is 0.337 e. The van der Waals surface area contributed by atoms with E-state index < -0.39 is 5.97 Å². The van der Waals surface area contributed by atoms with Crippen LogP contribution in [0.25, 0.3) is 0 Å². The minimum Gasteiger partial charge on any atom is -0.478 e. The van der Waals surface area contributed by atoms with Crippen molar-refractivity contribution in [2.75, 3.05) is 11.4 Å². The van der Waals surface area contributed by atoms with Crippen molar-refractivity contribution in [3.05, 3.63) is 29.3 Å². The molecule has 0 aliphatic heterocycles. The number of nitrogens with zero attached hydrogens (tertiary/aromatic N) is 1. The average Bonchev–Trinajstić information content (AvgIpc) is 3.09. The molecular formula is C15H21NO2. The van der Waals surface area contributed by atoms with E-state index >= 15 is 0 Å². The highest BCUT2D eigenvalue weighted by molar-refractivity contribution is 5.94. The number of carboxylic acids is 1. The number of benzene rings is 1. The Hall–Kier alpha value is -1.51. The van der Waals surface area contributed by atoms with Gasteiger partial charge in [-0.25, -0.2) is 4.79 Å². The maximum Gasteiger partial charge on any atom is 0.337 e. The van der Waals surface area contributed by atoms with E-state index in [1.165, 1.54) is 12.8 Å². The van der Waals surface area contributed by atoms with Gasteiger partial charge >= 0.3 is 5.97 Å². The number of hydrogen-bond acceptors (Lipinski definition) is 2. The molecule has 0 aromatic heterocycles. The third-order valence-electron chi connectivity index (χ3n) is 3.47. The number of carbonyl (C=O) groups is 1. The Balaban J connectivity index is 2.35. The maximum absolute atomic E-state index is 11.4. The van der Waals surface area contributed by atoms with Crippen LogP contribution in [0, 0.1) is 12.8 Å². The molecule has 1 saturated carbocycles. The van der Waals surface area contributed by atoms with E-state index in [2.05, 4.69) is 18.7 Å². The lowest BCUT2D eigenvalue weighted by Crippen LogP contribution is -2.34. The topological polar surface area (TPSA) is 40.5 Å². The first kappa shape index (κ1) is 12.9. The van der Waals surface area contributed by atoms with Crippen molar-refractivity contribution >= 4 is 11.7 Å². The van der Waals surface area contributed by atoms with Gasteiger partial charge in [-0.2, -0.15) is 0 Å². The molecule has 1 fully saturated rings. The Morgan fingerprint density at radius 2 is 2.11 bits per heavy atom. The van der Waals surface area contributed by atoms with Crippen LogP contribution < -0.4 is 4.90 Å². The molecule has 1 aromatic rings. The minimum absolute atomic E-state index is 0.325. The van der Waals surface area contributed by atoms with Crippen molar-refractivity contribution in [2.24, 2.45) is 5.92 Å². The monoisotopic (exact) mass is 247 g/mol.